The largest absolute Gasteiger partial charge is 0.376 e. The van der Waals surface area contributed by atoms with Gasteiger partial charge < -0.3 is 9.30 Å². The number of benzene rings is 1. The van der Waals surface area contributed by atoms with Crippen LogP contribution < -0.4 is 0 Å². The number of nitrogens with zero attached hydrogens (tertiary/aromatic N) is 3. The van der Waals surface area contributed by atoms with Crippen LogP contribution in [0.5, 0.6) is 0 Å². The Bertz CT molecular complexity index is 1010. The number of rotatable bonds is 6. The van der Waals surface area contributed by atoms with Crippen LogP contribution in [0.4, 0.5) is 0 Å². The topological polar surface area (TPSA) is 81.5 Å². The molecule has 0 N–H and O–H groups in total. The summed E-state index contributed by atoms with van der Waals surface area (Å²) in [5.41, 5.74) is 2.30. The van der Waals surface area contributed by atoms with Crippen LogP contribution in [0.15, 0.2) is 34.3 Å². The first-order valence-electron chi connectivity index (χ1n) is 9.34. The molecular formula is C19H23N3O4S2. The van der Waals surface area contributed by atoms with Crippen molar-refractivity contribution in [2.45, 2.75) is 49.4 Å². The molecule has 1 amide bonds. The average molecular weight is 422 g/mol. The molecule has 3 heterocycles. The van der Waals surface area contributed by atoms with Gasteiger partial charge in [-0.1, -0.05) is 23.9 Å². The number of hydrogen-bond acceptors (Lipinski definition) is 6. The summed E-state index contributed by atoms with van der Waals surface area (Å²) >= 11 is 1.47. The monoisotopic (exact) mass is 421 g/mol. The lowest BCUT2D eigenvalue weighted by atomic mass is 10.2. The first-order valence-corrected chi connectivity index (χ1v) is 11.8. The standard InChI is InChI=1S/C19H23N3O4S2/c1-13-14(2)21(12-15-6-5-10-26-15)19(20-13)27-11-9-22-18(23)16-7-3-4-8-17(16)28(22,24)25/h3-4,7-8,15H,5-6,9-12H2,1-2H3/t15-/m0/s1. The molecule has 0 spiro atoms. The van der Waals surface area contributed by atoms with Crippen molar-refractivity contribution in [3.63, 3.8) is 0 Å². The van der Waals surface area contributed by atoms with Crippen molar-refractivity contribution >= 4 is 27.7 Å². The highest BCUT2D eigenvalue weighted by atomic mass is 32.2. The molecule has 1 aromatic carbocycles. The maximum absolute atomic E-state index is 12.7. The van der Waals surface area contributed by atoms with Gasteiger partial charge in [-0.05, 0) is 38.8 Å². The second-order valence-corrected chi connectivity index (χ2v) is 9.93. The number of amides is 1. The van der Waals surface area contributed by atoms with Gasteiger partial charge in [0, 0.05) is 24.6 Å². The Hall–Kier alpha value is -1.84. The average Bonchev–Trinajstić information content (AvgIpc) is 3.33. The van der Waals surface area contributed by atoms with Crippen LogP contribution in [0.25, 0.3) is 0 Å². The van der Waals surface area contributed by atoms with E-state index in [1.807, 2.05) is 13.8 Å². The number of hydrogen-bond donors (Lipinski definition) is 0. The summed E-state index contributed by atoms with van der Waals surface area (Å²) in [4.78, 5) is 17.2. The molecule has 0 bridgehead atoms. The number of imidazole rings is 1. The molecule has 150 valence electrons. The fourth-order valence-corrected chi connectivity index (χ4v) is 6.32. The van der Waals surface area contributed by atoms with Crippen molar-refractivity contribution in [1.29, 1.82) is 0 Å². The summed E-state index contributed by atoms with van der Waals surface area (Å²) in [6.07, 6.45) is 2.32. The molecule has 0 saturated carbocycles. The van der Waals surface area contributed by atoms with E-state index in [1.54, 1.807) is 18.2 Å². The van der Waals surface area contributed by atoms with Crippen LogP contribution in [0.1, 0.15) is 34.6 Å². The van der Waals surface area contributed by atoms with Gasteiger partial charge in [-0.25, -0.2) is 17.7 Å². The Labute approximate surface area is 169 Å². The lowest BCUT2D eigenvalue weighted by molar-refractivity contribution is 0.0876. The summed E-state index contributed by atoms with van der Waals surface area (Å²) in [5, 5.41) is 0.840. The molecule has 0 aliphatic carbocycles. The van der Waals surface area contributed by atoms with E-state index in [1.165, 1.54) is 17.8 Å². The fourth-order valence-electron chi connectivity index (χ4n) is 3.61. The Kier molecular flexibility index (Phi) is 5.24. The van der Waals surface area contributed by atoms with Crippen molar-refractivity contribution in [2.75, 3.05) is 18.9 Å². The zero-order valence-corrected chi connectivity index (χ0v) is 17.6. The van der Waals surface area contributed by atoms with Gasteiger partial charge in [-0.2, -0.15) is 0 Å². The second-order valence-electron chi connectivity index (χ2n) is 7.04. The van der Waals surface area contributed by atoms with E-state index < -0.39 is 15.9 Å². The number of fused-ring (bicyclic) bond motifs is 1. The molecule has 2 aliphatic heterocycles. The molecule has 28 heavy (non-hydrogen) atoms. The zero-order chi connectivity index (χ0) is 19.9. The van der Waals surface area contributed by atoms with E-state index in [4.69, 9.17) is 4.74 Å². The lowest BCUT2D eigenvalue weighted by Gasteiger charge is -2.16. The number of aromatic nitrogens is 2. The van der Waals surface area contributed by atoms with Crippen LogP contribution in [-0.4, -0.2) is 53.2 Å². The smallest absolute Gasteiger partial charge is 0.269 e. The minimum Gasteiger partial charge on any atom is -0.376 e. The highest BCUT2D eigenvalue weighted by Crippen LogP contribution is 2.31. The third kappa shape index (κ3) is 3.35. The summed E-state index contributed by atoms with van der Waals surface area (Å²) in [7, 11) is -3.76. The van der Waals surface area contributed by atoms with Gasteiger partial charge in [0.25, 0.3) is 15.9 Å². The van der Waals surface area contributed by atoms with Crippen molar-refractivity contribution in [3.8, 4) is 0 Å². The van der Waals surface area contributed by atoms with Gasteiger partial charge in [-0.15, -0.1) is 0 Å². The first kappa shape index (κ1) is 19.5. The quantitative estimate of drug-likeness (QED) is 0.667. The summed E-state index contributed by atoms with van der Waals surface area (Å²) in [6.45, 7) is 5.67. The zero-order valence-electron chi connectivity index (χ0n) is 15.9. The van der Waals surface area contributed by atoms with E-state index >= 15 is 0 Å². The van der Waals surface area contributed by atoms with Gasteiger partial charge in [0.1, 0.15) is 4.90 Å². The molecule has 1 atom stereocenters. The highest BCUT2D eigenvalue weighted by molar-refractivity contribution is 7.99. The van der Waals surface area contributed by atoms with Crippen molar-refractivity contribution in [3.05, 3.63) is 41.2 Å². The summed E-state index contributed by atoms with van der Waals surface area (Å²) in [6, 6.07) is 6.35. The second kappa shape index (κ2) is 7.53. The molecule has 4 rings (SSSR count). The maximum Gasteiger partial charge on any atom is 0.269 e. The van der Waals surface area contributed by atoms with Gasteiger partial charge in [-0.3, -0.25) is 4.79 Å². The SMILES string of the molecule is Cc1nc(SCCN2C(=O)c3ccccc3S2(=O)=O)n(C[C@@H]2CCCO2)c1C. The van der Waals surface area contributed by atoms with Crippen molar-refractivity contribution in [1.82, 2.24) is 13.9 Å². The Morgan fingerprint density at radius 2 is 2.07 bits per heavy atom. The third-order valence-electron chi connectivity index (χ3n) is 5.27. The number of carbonyl (C=O) groups is 1. The number of sulfonamides is 1. The Morgan fingerprint density at radius 1 is 1.29 bits per heavy atom. The molecule has 1 fully saturated rings. The first-order chi connectivity index (χ1) is 13.4. The molecule has 9 heteroatoms. The van der Waals surface area contributed by atoms with Crippen LogP contribution in [-0.2, 0) is 21.3 Å². The van der Waals surface area contributed by atoms with Crippen LogP contribution in [0.2, 0.25) is 0 Å². The van der Waals surface area contributed by atoms with Crippen LogP contribution in [0, 0.1) is 13.8 Å². The van der Waals surface area contributed by atoms with Crippen LogP contribution in [0.3, 0.4) is 0 Å². The molecule has 2 aliphatic rings. The van der Waals surface area contributed by atoms with Crippen LogP contribution >= 0.6 is 11.8 Å². The van der Waals surface area contributed by atoms with Gasteiger partial charge >= 0.3 is 0 Å². The van der Waals surface area contributed by atoms with E-state index in [2.05, 4.69) is 9.55 Å². The Morgan fingerprint density at radius 3 is 2.79 bits per heavy atom. The van der Waals surface area contributed by atoms with Crippen molar-refractivity contribution in [2.24, 2.45) is 0 Å². The number of thioether (sulfide) groups is 1. The normalized spacial score (nSPS) is 20.7. The molecular weight excluding hydrogens is 398 g/mol. The molecule has 2 aromatic rings. The third-order valence-corrected chi connectivity index (χ3v) is 8.07. The van der Waals surface area contributed by atoms with Crippen molar-refractivity contribution < 1.29 is 17.9 Å². The minimum absolute atomic E-state index is 0.0940. The maximum atomic E-state index is 12.7. The minimum atomic E-state index is -3.76. The molecule has 0 unspecified atom stereocenters. The van der Waals surface area contributed by atoms with E-state index in [-0.39, 0.29) is 23.1 Å². The van der Waals surface area contributed by atoms with E-state index in [0.717, 1.165) is 46.8 Å². The van der Waals surface area contributed by atoms with E-state index in [9.17, 15) is 13.2 Å². The summed E-state index contributed by atoms with van der Waals surface area (Å²) in [5.74, 6) is -0.00772. The summed E-state index contributed by atoms with van der Waals surface area (Å²) < 4.78 is 34.2. The van der Waals surface area contributed by atoms with Gasteiger partial charge in [0.2, 0.25) is 0 Å². The van der Waals surface area contributed by atoms with Gasteiger partial charge in [0.05, 0.1) is 23.9 Å². The molecule has 0 radical (unpaired) electrons. The fraction of sp³-hybridized carbons (Fsp3) is 0.474. The van der Waals surface area contributed by atoms with E-state index in [0.29, 0.717) is 5.75 Å². The number of ether oxygens (including phenoxy) is 1. The number of carbonyl (C=O) groups excluding carboxylic acids is 1. The predicted molar refractivity (Wildman–Crippen MR) is 106 cm³/mol. The van der Waals surface area contributed by atoms with Gasteiger partial charge in [0.15, 0.2) is 5.16 Å². The Balaban J connectivity index is 1.46. The molecule has 1 saturated heterocycles. The number of aryl methyl sites for hydroxylation is 1. The lowest BCUT2D eigenvalue weighted by Crippen LogP contribution is -2.32. The highest BCUT2D eigenvalue weighted by Gasteiger charge is 2.40. The molecule has 1 aromatic heterocycles. The molecule has 7 nitrogen and oxygen atoms in total. The predicted octanol–water partition coefficient (Wildman–Crippen LogP) is 2.62.